The molecular weight excluding hydrogens is 1070 g/mol. The highest BCUT2D eigenvalue weighted by Gasteiger charge is 2.47. The van der Waals surface area contributed by atoms with E-state index in [4.69, 9.17) is 14.2 Å². The predicted octanol–water partition coefficient (Wildman–Crippen LogP) is 19.1. The first-order valence-corrected chi connectivity index (χ1v) is 36.9. The number of carbonyl (C=O) groups is 2. The molecule has 0 spiro atoms. The Morgan fingerprint density at radius 1 is 0.453 bits per heavy atom. The van der Waals surface area contributed by atoms with Crippen molar-refractivity contribution in [3.63, 3.8) is 0 Å². The maximum atomic E-state index is 13.5. The molecular formula is C75H139NO10. The Bertz CT molecular complexity index is 1590. The summed E-state index contributed by atoms with van der Waals surface area (Å²) in [4.78, 5) is 26.7. The minimum absolute atomic E-state index is 0.120. The van der Waals surface area contributed by atoms with Gasteiger partial charge in [-0.3, -0.25) is 9.59 Å². The minimum Gasteiger partial charge on any atom is -0.454 e. The lowest BCUT2D eigenvalue weighted by molar-refractivity contribution is -0.305. The number of allylic oxidation sites excluding steroid dienone is 7. The van der Waals surface area contributed by atoms with Gasteiger partial charge in [-0.15, -0.1) is 0 Å². The Balaban J connectivity index is 2.53. The van der Waals surface area contributed by atoms with Gasteiger partial charge in [-0.25, -0.2) is 0 Å². The summed E-state index contributed by atoms with van der Waals surface area (Å²) in [7, 11) is 0. The fourth-order valence-corrected chi connectivity index (χ4v) is 11.6. The number of ether oxygens (including phenoxy) is 3. The Kier molecular flexibility index (Phi) is 59.6. The van der Waals surface area contributed by atoms with Gasteiger partial charge in [0.1, 0.15) is 24.4 Å². The molecule has 1 fully saturated rings. The van der Waals surface area contributed by atoms with Gasteiger partial charge in [0.25, 0.3) is 0 Å². The summed E-state index contributed by atoms with van der Waals surface area (Å²) in [5, 5.41) is 57.3. The number of amides is 1. The van der Waals surface area contributed by atoms with Crippen molar-refractivity contribution in [2.45, 2.75) is 404 Å². The number of esters is 1. The van der Waals surface area contributed by atoms with Gasteiger partial charge in [-0.05, 0) is 83.5 Å². The van der Waals surface area contributed by atoms with Crippen LogP contribution >= 0.6 is 0 Å². The van der Waals surface area contributed by atoms with E-state index in [-0.39, 0.29) is 13.0 Å². The first kappa shape index (κ1) is 81.6. The van der Waals surface area contributed by atoms with Gasteiger partial charge >= 0.3 is 5.97 Å². The second-order valence-electron chi connectivity index (χ2n) is 25.7. The largest absolute Gasteiger partial charge is 0.454 e. The van der Waals surface area contributed by atoms with Crippen LogP contribution in [0.15, 0.2) is 48.6 Å². The van der Waals surface area contributed by atoms with Crippen LogP contribution in [0.1, 0.15) is 355 Å². The zero-order valence-corrected chi connectivity index (χ0v) is 56.2. The standard InChI is InChI=1S/C75H139NO10/c1-4-7-10-13-16-19-22-25-27-29-31-32-33-34-35-36-37-39-40-42-44-47-50-53-56-59-62-68(79)74(83)76-66(67(78)61-58-55-52-49-46-24-21-18-15-12-9-6-3)65-84-75-73(72(82)71(81)69(64-77)85-75)86-70(80)63-60-57-54-51-48-45-43-41-38-30-28-26-23-20-17-14-11-8-5-2/h17,20,25-28,58,61,66-69,71-73,75,77-79,81-82H,4-16,18-19,21-24,29-57,59-60,62-65H2,1-3H3,(H,76,83)/b20-17-,27-25+,28-26-,61-58+. The second kappa shape index (κ2) is 62.8. The average Bonchev–Trinajstić information content (AvgIpc) is 3.01. The van der Waals surface area contributed by atoms with Crippen LogP contribution in [0.5, 0.6) is 0 Å². The van der Waals surface area contributed by atoms with Gasteiger partial charge in [0.05, 0.1) is 25.4 Å². The van der Waals surface area contributed by atoms with Crippen LogP contribution in [0, 0.1) is 0 Å². The number of aliphatic hydroxyl groups excluding tert-OH is 5. The van der Waals surface area contributed by atoms with Crippen LogP contribution in [-0.4, -0.2) is 99.6 Å². The van der Waals surface area contributed by atoms with E-state index < -0.39 is 67.4 Å². The van der Waals surface area contributed by atoms with Crippen LogP contribution in [0.4, 0.5) is 0 Å². The molecule has 8 atom stereocenters. The van der Waals surface area contributed by atoms with Gasteiger partial charge in [-0.1, -0.05) is 313 Å². The fraction of sp³-hybridized carbons (Fsp3) is 0.867. The normalized spacial score (nSPS) is 18.5. The lowest BCUT2D eigenvalue weighted by Gasteiger charge is -2.41. The summed E-state index contributed by atoms with van der Waals surface area (Å²) in [6.45, 7) is 5.81. The van der Waals surface area contributed by atoms with E-state index in [9.17, 15) is 35.1 Å². The van der Waals surface area contributed by atoms with Crippen molar-refractivity contribution >= 4 is 11.9 Å². The molecule has 1 aliphatic heterocycles. The van der Waals surface area contributed by atoms with Crippen molar-refractivity contribution in [2.24, 2.45) is 0 Å². The Hall–Kier alpha value is -2.38. The Morgan fingerprint density at radius 2 is 0.802 bits per heavy atom. The lowest BCUT2D eigenvalue weighted by Crippen LogP contribution is -2.61. The quantitative estimate of drug-likeness (QED) is 0.0195. The van der Waals surface area contributed by atoms with Crippen LogP contribution in [-0.2, 0) is 23.8 Å². The molecule has 1 saturated heterocycles. The predicted molar refractivity (Wildman–Crippen MR) is 361 cm³/mol. The third-order valence-electron chi connectivity index (χ3n) is 17.5. The molecule has 0 bridgehead atoms. The van der Waals surface area contributed by atoms with Crippen LogP contribution in [0.25, 0.3) is 0 Å². The van der Waals surface area contributed by atoms with Crippen LogP contribution < -0.4 is 5.32 Å². The molecule has 1 heterocycles. The van der Waals surface area contributed by atoms with Gasteiger partial charge in [0, 0.05) is 6.42 Å². The number of rotatable bonds is 64. The lowest BCUT2D eigenvalue weighted by atomic mass is 9.99. The second-order valence-corrected chi connectivity index (χ2v) is 25.7. The van der Waals surface area contributed by atoms with E-state index in [1.54, 1.807) is 6.08 Å². The van der Waals surface area contributed by atoms with E-state index in [2.05, 4.69) is 62.5 Å². The van der Waals surface area contributed by atoms with Crippen molar-refractivity contribution in [3.8, 4) is 0 Å². The fourth-order valence-electron chi connectivity index (χ4n) is 11.6. The first-order chi connectivity index (χ1) is 42.2. The van der Waals surface area contributed by atoms with Crippen molar-refractivity contribution < 1.29 is 49.3 Å². The third kappa shape index (κ3) is 49.4. The minimum atomic E-state index is -1.61. The molecule has 0 aliphatic carbocycles. The molecule has 0 saturated carbocycles. The average molecular weight is 1210 g/mol. The molecule has 1 aliphatic rings. The molecule has 504 valence electrons. The Morgan fingerprint density at radius 3 is 1.22 bits per heavy atom. The summed E-state index contributed by atoms with van der Waals surface area (Å²) in [5.74, 6) is -1.18. The summed E-state index contributed by atoms with van der Waals surface area (Å²) < 4.78 is 17.7. The Labute approximate surface area is 529 Å². The molecule has 0 aromatic heterocycles. The van der Waals surface area contributed by atoms with Gasteiger partial charge < -0.3 is 45.1 Å². The molecule has 0 aromatic carbocycles. The highest BCUT2D eigenvalue weighted by atomic mass is 16.7. The summed E-state index contributed by atoms with van der Waals surface area (Å²) >= 11 is 0. The van der Waals surface area contributed by atoms with E-state index in [1.807, 2.05) is 6.08 Å². The summed E-state index contributed by atoms with van der Waals surface area (Å²) in [6, 6.07) is -1.02. The maximum absolute atomic E-state index is 13.5. The molecule has 11 heteroatoms. The topological polar surface area (TPSA) is 175 Å². The third-order valence-corrected chi connectivity index (χ3v) is 17.5. The zero-order chi connectivity index (χ0) is 62.4. The van der Waals surface area contributed by atoms with Crippen molar-refractivity contribution in [2.75, 3.05) is 13.2 Å². The molecule has 11 nitrogen and oxygen atoms in total. The smallest absolute Gasteiger partial charge is 0.306 e. The molecule has 8 unspecified atom stereocenters. The molecule has 86 heavy (non-hydrogen) atoms. The number of unbranched alkanes of at least 4 members (excludes halogenated alkanes) is 44. The van der Waals surface area contributed by atoms with E-state index in [1.165, 1.54) is 238 Å². The van der Waals surface area contributed by atoms with Crippen LogP contribution in [0.3, 0.4) is 0 Å². The number of carbonyl (C=O) groups excluding carboxylic acids is 2. The molecule has 1 rings (SSSR count). The molecule has 0 aromatic rings. The SMILES string of the molecule is CCCCC/C=C\C/C=C\CCCCCCCCCCCC(=O)OC1C(OCC(NC(=O)C(O)CCCCCCCCCCCCCCCCCC/C=C/CCCCCCCC)C(O)/C=C/CCCCCCCCCCCC)OC(CO)C(O)C1O. The molecule has 0 radical (unpaired) electrons. The highest BCUT2D eigenvalue weighted by Crippen LogP contribution is 2.26. The maximum Gasteiger partial charge on any atom is 0.306 e. The molecule has 1 amide bonds. The van der Waals surface area contributed by atoms with Gasteiger partial charge in [0.15, 0.2) is 12.4 Å². The van der Waals surface area contributed by atoms with Crippen LogP contribution in [0.2, 0.25) is 0 Å². The van der Waals surface area contributed by atoms with Crippen molar-refractivity contribution in [3.05, 3.63) is 48.6 Å². The number of hydrogen-bond acceptors (Lipinski definition) is 10. The number of nitrogens with one attached hydrogen (secondary N) is 1. The van der Waals surface area contributed by atoms with Crippen molar-refractivity contribution in [1.29, 1.82) is 0 Å². The van der Waals surface area contributed by atoms with E-state index in [0.717, 1.165) is 70.6 Å². The van der Waals surface area contributed by atoms with E-state index in [0.29, 0.717) is 19.3 Å². The summed E-state index contributed by atoms with van der Waals surface area (Å²) in [5.41, 5.74) is 0. The van der Waals surface area contributed by atoms with Gasteiger partial charge in [0.2, 0.25) is 5.91 Å². The highest BCUT2D eigenvalue weighted by molar-refractivity contribution is 5.80. The first-order valence-electron chi connectivity index (χ1n) is 36.9. The van der Waals surface area contributed by atoms with Crippen molar-refractivity contribution in [1.82, 2.24) is 5.32 Å². The molecule has 6 N–H and O–H groups in total. The number of aliphatic hydroxyl groups is 5. The monoisotopic (exact) mass is 1210 g/mol. The van der Waals surface area contributed by atoms with Gasteiger partial charge in [-0.2, -0.15) is 0 Å². The number of hydrogen-bond donors (Lipinski definition) is 6. The zero-order valence-electron chi connectivity index (χ0n) is 56.2. The summed E-state index contributed by atoms with van der Waals surface area (Å²) in [6.07, 6.45) is 68.7. The van der Waals surface area contributed by atoms with E-state index >= 15 is 0 Å².